The van der Waals surface area contributed by atoms with E-state index in [0.717, 1.165) is 75.3 Å². The zero-order chi connectivity index (χ0) is 61.0. The molecule has 11 rings (SSSR count). The van der Waals surface area contributed by atoms with Crippen molar-refractivity contribution in [3.63, 3.8) is 0 Å². The van der Waals surface area contributed by atoms with Gasteiger partial charge in [-0.1, -0.05) is 65.8 Å². The van der Waals surface area contributed by atoms with Gasteiger partial charge in [-0.25, -0.2) is 9.97 Å². The highest BCUT2D eigenvalue weighted by atomic mass is 16.3. The van der Waals surface area contributed by atoms with Crippen LogP contribution in [0.15, 0.2) is 49.3 Å². The minimum absolute atomic E-state index is 0.00167. The van der Waals surface area contributed by atoms with Gasteiger partial charge in [0.05, 0.1) is 49.3 Å². The molecule has 18 nitrogen and oxygen atoms in total. The number of aliphatic hydroxyl groups is 6. The molecular formula is C68H102N8O10. The molecule has 2 unspecified atom stereocenters. The van der Waals surface area contributed by atoms with Crippen LogP contribution < -0.4 is 21.3 Å². The standard InChI is InChI=1S/C68H102N8O10/c1-37(47-13-15-49-61-51(29-57(81)67(47,49)5)65(3)21-19-45(77)23-41(65)25-55(61)79)7-17-59(83)75-53(27-43-33-69-35-73-43)63(85)71-31-39-9-11-40(12-10-39)32-72-64(86)54(28-44-34-70-36-74-44)76-60(84)18-8-38(2)48-14-16-50-62-52(30-58(82)68(48,50)6)66(4)22-20-46(78)24-42(66)26-56(62)80/h9-12,33-38,41-42,45-58,61-62,77-82H,7-8,13-32H2,1-6H3,(H,69,73)(H,70,74)(H,71,85)(H,72,86)(H,75,83)(H,76,84)/t37-,38-,41-,42+,45+,46-,47+,48-,49-,50+,51-,52+,53?,54?,55+,56-,57-,58+,61-,62+,65-,66+,67+,68-/m1/s1. The minimum Gasteiger partial charge on any atom is -0.393 e. The van der Waals surface area contributed by atoms with Crippen molar-refractivity contribution < 1.29 is 49.8 Å². The quantitative estimate of drug-likeness (QED) is 0.0572. The van der Waals surface area contributed by atoms with Crippen molar-refractivity contribution >= 4 is 23.6 Å². The van der Waals surface area contributed by atoms with Crippen molar-refractivity contribution in [2.24, 2.45) is 92.7 Å². The fourth-order valence-electron chi connectivity index (χ4n) is 21.0. The van der Waals surface area contributed by atoms with Gasteiger partial charge in [-0.2, -0.15) is 0 Å². The molecule has 24 atom stereocenters. The van der Waals surface area contributed by atoms with Crippen LogP contribution in [0.4, 0.5) is 0 Å². The second-order valence-corrected chi connectivity index (χ2v) is 30.1. The topological polar surface area (TPSA) is 295 Å². The maximum atomic E-state index is 13.9. The monoisotopic (exact) mass is 1190 g/mol. The molecule has 0 spiro atoms. The number of aromatic nitrogens is 4. The van der Waals surface area contributed by atoms with E-state index in [9.17, 15) is 49.8 Å². The van der Waals surface area contributed by atoms with Gasteiger partial charge in [0.25, 0.3) is 0 Å². The first kappa shape index (κ1) is 62.9. The summed E-state index contributed by atoms with van der Waals surface area (Å²) >= 11 is 0. The summed E-state index contributed by atoms with van der Waals surface area (Å²) in [6.45, 7) is 13.9. The third kappa shape index (κ3) is 12.0. The van der Waals surface area contributed by atoms with Crippen molar-refractivity contribution in [3.8, 4) is 0 Å². The Kier molecular flexibility index (Phi) is 18.5. The number of fused-ring (bicyclic) bond motifs is 10. The van der Waals surface area contributed by atoms with Crippen LogP contribution in [0, 0.1) is 92.7 Å². The van der Waals surface area contributed by atoms with Gasteiger partial charge in [0.1, 0.15) is 12.1 Å². The van der Waals surface area contributed by atoms with Gasteiger partial charge in [0.15, 0.2) is 0 Å². The predicted molar refractivity (Wildman–Crippen MR) is 323 cm³/mol. The van der Waals surface area contributed by atoms with Gasteiger partial charge >= 0.3 is 0 Å². The van der Waals surface area contributed by atoms with E-state index < -0.39 is 36.5 Å². The molecule has 12 N–H and O–H groups in total. The van der Waals surface area contributed by atoms with Crippen LogP contribution in [0.2, 0.25) is 0 Å². The largest absolute Gasteiger partial charge is 0.393 e. The van der Waals surface area contributed by atoms with Crippen LogP contribution in [0.3, 0.4) is 0 Å². The molecular weight excluding hydrogens is 1090 g/mol. The van der Waals surface area contributed by atoms with E-state index >= 15 is 0 Å². The lowest BCUT2D eigenvalue weighted by molar-refractivity contribution is -0.207. The van der Waals surface area contributed by atoms with Gasteiger partial charge in [0.2, 0.25) is 23.6 Å². The zero-order valence-corrected chi connectivity index (χ0v) is 51.9. The smallest absolute Gasteiger partial charge is 0.243 e. The molecule has 3 aromatic rings. The highest BCUT2D eigenvalue weighted by Gasteiger charge is 2.67. The molecule has 0 bridgehead atoms. The van der Waals surface area contributed by atoms with Crippen molar-refractivity contribution in [1.82, 2.24) is 41.2 Å². The first-order chi connectivity index (χ1) is 41.0. The number of aromatic amines is 2. The normalized spacial score (nSPS) is 40.2. The number of carbonyl (C=O) groups excluding carboxylic acids is 4. The van der Waals surface area contributed by atoms with Gasteiger partial charge in [-0.05, 0) is 207 Å². The lowest BCUT2D eigenvalue weighted by atomic mass is 9.43. The Morgan fingerprint density at radius 3 is 1.31 bits per heavy atom. The highest BCUT2D eigenvalue weighted by molar-refractivity contribution is 5.88. The van der Waals surface area contributed by atoms with Gasteiger partial charge in [0, 0.05) is 62.6 Å². The zero-order valence-electron chi connectivity index (χ0n) is 51.9. The first-order valence-corrected chi connectivity index (χ1v) is 33.3. The number of nitrogens with one attached hydrogen (secondary N) is 6. The molecule has 8 aliphatic carbocycles. The summed E-state index contributed by atoms with van der Waals surface area (Å²) in [6, 6.07) is 5.81. The second kappa shape index (κ2) is 25.3. The van der Waals surface area contributed by atoms with E-state index in [1.54, 1.807) is 25.0 Å². The summed E-state index contributed by atoms with van der Waals surface area (Å²) in [5.41, 5.74) is 2.30. The Morgan fingerprint density at radius 2 is 0.942 bits per heavy atom. The van der Waals surface area contributed by atoms with Gasteiger partial charge in [-0.15, -0.1) is 0 Å². The maximum absolute atomic E-state index is 13.9. The molecule has 8 aliphatic rings. The first-order valence-electron chi connectivity index (χ1n) is 33.3. The van der Waals surface area contributed by atoms with Crippen LogP contribution >= 0.6 is 0 Å². The predicted octanol–water partition coefficient (Wildman–Crippen LogP) is 6.58. The average Bonchev–Trinajstić information content (AvgIpc) is 1.31. The Hall–Kier alpha value is -4.72. The number of imidazole rings is 2. The minimum atomic E-state index is -0.864. The van der Waals surface area contributed by atoms with Crippen LogP contribution in [0.5, 0.6) is 0 Å². The third-order valence-electron chi connectivity index (χ3n) is 25.9. The number of hydrogen-bond donors (Lipinski definition) is 12. The Morgan fingerprint density at radius 1 is 0.547 bits per heavy atom. The number of benzene rings is 1. The van der Waals surface area contributed by atoms with Crippen LogP contribution in [-0.2, 0) is 45.1 Å². The van der Waals surface area contributed by atoms with Crippen molar-refractivity contribution in [3.05, 3.63) is 71.8 Å². The number of hydrogen-bond acceptors (Lipinski definition) is 12. The molecule has 0 radical (unpaired) electrons. The van der Waals surface area contributed by atoms with Gasteiger partial charge < -0.3 is 61.9 Å². The van der Waals surface area contributed by atoms with E-state index in [0.29, 0.717) is 49.9 Å². The number of nitrogens with zero attached hydrogens (tertiary/aromatic N) is 2. The lowest BCUT2D eigenvalue weighted by Gasteiger charge is -2.63. The van der Waals surface area contributed by atoms with E-state index in [4.69, 9.17) is 0 Å². The number of H-pyrrole nitrogens is 2. The number of aliphatic hydroxyl groups excluding tert-OH is 6. The summed E-state index contributed by atoms with van der Waals surface area (Å²) in [7, 11) is 0. The summed E-state index contributed by atoms with van der Waals surface area (Å²) in [4.78, 5) is 69.8. The van der Waals surface area contributed by atoms with E-state index in [-0.39, 0.29) is 167 Å². The molecule has 86 heavy (non-hydrogen) atoms. The molecule has 0 saturated heterocycles. The number of rotatable bonds is 20. The fourth-order valence-corrected chi connectivity index (χ4v) is 21.0. The number of carbonyl (C=O) groups is 4. The lowest BCUT2D eigenvalue weighted by Crippen LogP contribution is -2.62. The molecule has 18 heteroatoms. The van der Waals surface area contributed by atoms with E-state index in [2.05, 4.69) is 82.7 Å². The summed E-state index contributed by atoms with van der Waals surface area (Å²) in [5, 5.41) is 80.9. The van der Waals surface area contributed by atoms with E-state index in [1.807, 2.05) is 24.3 Å². The van der Waals surface area contributed by atoms with Crippen LogP contribution in [0.25, 0.3) is 0 Å². The van der Waals surface area contributed by atoms with Crippen LogP contribution in [0.1, 0.15) is 180 Å². The molecule has 1 aromatic carbocycles. The second-order valence-electron chi connectivity index (χ2n) is 30.1. The summed E-state index contributed by atoms with van der Waals surface area (Å²) in [5.74, 6) is 1.05. The molecule has 2 heterocycles. The Bertz CT molecular complexity index is 2630. The molecule has 2 aromatic heterocycles. The van der Waals surface area contributed by atoms with Crippen molar-refractivity contribution in [2.75, 3.05) is 0 Å². The highest BCUT2D eigenvalue weighted by Crippen LogP contribution is 2.70. The molecule has 474 valence electrons. The summed E-state index contributed by atoms with van der Waals surface area (Å²) in [6.07, 6.45) is 17.2. The molecule has 4 amide bonds. The number of amides is 4. The van der Waals surface area contributed by atoms with E-state index in [1.165, 1.54) is 0 Å². The molecule has 8 saturated carbocycles. The van der Waals surface area contributed by atoms with Crippen molar-refractivity contribution in [1.29, 1.82) is 0 Å². The van der Waals surface area contributed by atoms with Crippen LogP contribution in [-0.4, -0.2) is 123 Å². The maximum Gasteiger partial charge on any atom is 0.243 e. The Balaban J connectivity index is 0.647. The van der Waals surface area contributed by atoms with Gasteiger partial charge in [-0.3, -0.25) is 19.2 Å². The third-order valence-corrected chi connectivity index (χ3v) is 25.9. The fraction of sp³-hybridized carbons (Fsp3) is 0.765. The molecule has 0 aliphatic heterocycles. The Labute approximate surface area is 508 Å². The van der Waals surface area contributed by atoms with Crippen molar-refractivity contribution in [2.45, 2.75) is 232 Å². The SMILES string of the molecule is C[C@H](CCC(=O)NC(Cc1cnc[nH]1)C(=O)NCc1ccc(CNC(=O)C(Cc2cnc[nH]2)NC(=O)CC[C@@H](C)[C@@H]2CC[C@@H]3[C@@H]4[C@@H](C[C@@H](O)[C@]32C)[C@]2(C)CC[C@H](O)C[C@@H]2C[C@@H]4O)cc1)[C@H]1CC[C@H]2[C@@H]3[C@H](O)C[C@@H]4C[C@H](O)CC[C@]4(C)[C@H]3C[C@H](O)[C@]12C. The summed E-state index contributed by atoms with van der Waals surface area (Å²) < 4.78 is 0. The molecule has 8 fully saturated rings. The average molecular weight is 1190 g/mol.